The first-order valence-corrected chi connectivity index (χ1v) is 13.5. The molecule has 9 nitrogen and oxygen atoms in total. The van der Waals surface area contributed by atoms with Crippen molar-refractivity contribution in [2.75, 3.05) is 5.32 Å². The topological polar surface area (TPSA) is 133 Å². The zero-order valence-corrected chi connectivity index (χ0v) is 23.4. The number of aromatic nitrogens is 2. The smallest absolute Gasteiger partial charge is 0.335 e. The van der Waals surface area contributed by atoms with Crippen LogP contribution >= 0.6 is 11.6 Å². The highest BCUT2D eigenvalue weighted by Gasteiger charge is 2.25. The molecule has 1 heterocycles. The molecule has 41 heavy (non-hydrogen) atoms. The lowest BCUT2D eigenvalue weighted by molar-refractivity contribution is -0.158. The summed E-state index contributed by atoms with van der Waals surface area (Å²) in [6.45, 7) is 3.39. The predicted octanol–water partition coefficient (Wildman–Crippen LogP) is 5.03. The Balaban J connectivity index is 1.46. The maximum Gasteiger partial charge on any atom is 0.335 e. The first-order valence-electron chi connectivity index (χ1n) is 13.1. The fraction of sp³-hybridized carbons (Fsp3) is 0.226. The number of rotatable bonds is 11. The van der Waals surface area contributed by atoms with E-state index in [0.29, 0.717) is 6.42 Å². The highest BCUT2D eigenvalue weighted by Crippen LogP contribution is 2.21. The molecule has 0 bridgehead atoms. The third-order valence-electron chi connectivity index (χ3n) is 6.19. The van der Waals surface area contributed by atoms with Gasteiger partial charge in [0.15, 0.2) is 11.9 Å². The van der Waals surface area contributed by atoms with Gasteiger partial charge in [-0.3, -0.25) is 14.7 Å². The highest BCUT2D eigenvalue weighted by atomic mass is 35.5. The van der Waals surface area contributed by atoms with Crippen LogP contribution in [-0.4, -0.2) is 51.3 Å². The highest BCUT2D eigenvalue weighted by molar-refractivity contribution is 6.34. The summed E-state index contributed by atoms with van der Waals surface area (Å²) in [5.74, 6) is -1.62. The number of hydrogen-bond donors (Lipinski definition) is 4. The minimum absolute atomic E-state index is 0.0675. The lowest BCUT2D eigenvalue weighted by Gasteiger charge is -2.22. The molecule has 2 amide bonds. The fourth-order valence-corrected chi connectivity index (χ4v) is 4.43. The molecule has 0 unspecified atom stereocenters. The van der Waals surface area contributed by atoms with Crippen LogP contribution in [0.25, 0.3) is 11.1 Å². The van der Waals surface area contributed by atoms with E-state index in [-0.39, 0.29) is 34.6 Å². The van der Waals surface area contributed by atoms with Crippen LogP contribution < -0.4 is 10.6 Å². The van der Waals surface area contributed by atoms with Crippen molar-refractivity contribution < 1.29 is 24.2 Å². The average molecular weight is 575 g/mol. The van der Waals surface area contributed by atoms with Crippen LogP contribution in [0.4, 0.5) is 5.82 Å². The number of anilines is 1. The molecule has 0 saturated heterocycles. The number of aliphatic hydroxyl groups excluding tert-OH is 1. The average Bonchev–Trinajstić information content (AvgIpc) is 3.42. The number of aromatic amines is 1. The summed E-state index contributed by atoms with van der Waals surface area (Å²) >= 11 is 6.09. The van der Waals surface area contributed by atoms with E-state index < -0.39 is 29.9 Å². The van der Waals surface area contributed by atoms with Crippen LogP contribution in [-0.2, 0) is 16.0 Å². The molecule has 0 spiro atoms. The van der Waals surface area contributed by atoms with Crippen LogP contribution in [0.1, 0.15) is 46.7 Å². The molecule has 0 radical (unpaired) electrons. The number of halogens is 1. The Labute approximate surface area is 242 Å². The number of amides is 2. The van der Waals surface area contributed by atoms with Crippen LogP contribution in [0.15, 0.2) is 84.9 Å². The van der Waals surface area contributed by atoms with Crippen molar-refractivity contribution >= 4 is 35.2 Å². The molecule has 10 heteroatoms. The van der Waals surface area contributed by atoms with Crippen molar-refractivity contribution in [2.45, 2.75) is 44.9 Å². The zero-order chi connectivity index (χ0) is 29.4. The minimum atomic E-state index is -1.43. The van der Waals surface area contributed by atoms with Gasteiger partial charge < -0.3 is 20.5 Å². The standard InChI is InChI=1S/C31H31ClN4O5/c1-19(2)41-31(40)27(37)17-23(16-20-12-14-22(15-13-20)21-8-4-3-5-9-21)33-30(39)26-18-28(36-35-26)34-29(38)24-10-6-7-11-25(24)32/h3-15,18-19,23,27,37H,16-17H2,1-2H3,(H,33,39)(H2,34,35,36,38)/t23-,27-/m1/s1. The third-order valence-corrected chi connectivity index (χ3v) is 6.52. The van der Waals surface area contributed by atoms with Crippen LogP contribution in [0, 0.1) is 0 Å². The Bertz CT molecular complexity index is 1490. The van der Waals surface area contributed by atoms with E-state index in [4.69, 9.17) is 16.3 Å². The first-order chi connectivity index (χ1) is 19.7. The number of carbonyl (C=O) groups is 3. The Morgan fingerprint density at radius 1 is 0.927 bits per heavy atom. The van der Waals surface area contributed by atoms with Crippen molar-refractivity contribution in [1.29, 1.82) is 0 Å². The number of esters is 1. The Morgan fingerprint density at radius 2 is 1.59 bits per heavy atom. The van der Waals surface area contributed by atoms with Gasteiger partial charge in [0.1, 0.15) is 5.69 Å². The zero-order valence-electron chi connectivity index (χ0n) is 22.6. The van der Waals surface area contributed by atoms with Gasteiger partial charge in [0.05, 0.1) is 16.7 Å². The molecule has 4 rings (SSSR count). The van der Waals surface area contributed by atoms with Gasteiger partial charge in [0.25, 0.3) is 11.8 Å². The van der Waals surface area contributed by atoms with Crippen LogP contribution in [0.3, 0.4) is 0 Å². The number of carbonyl (C=O) groups excluding carboxylic acids is 3. The summed E-state index contributed by atoms with van der Waals surface area (Å²) in [7, 11) is 0. The van der Waals surface area contributed by atoms with E-state index in [9.17, 15) is 19.5 Å². The summed E-state index contributed by atoms with van der Waals surface area (Å²) < 4.78 is 5.14. The molecule has 4 N–H and O–H groups in total. The van der Waals surface area contributed by atoms with Crippen molar-refractivity contribution in [1.82, 2.24) is 15.5 Å². The van der Waals surface area contributed by atoms with Gasteiger partial charge in [-0.15, -0.1) is 0 Å². The van der Waals surface area contributed by atoms with Crippen molar-refractivity contribution in [3.63, 3.8) is 0 Å². The molecule has 0 aliphatic rings. The summed E-state index contributed by atoms with van der Waals surface area (Å²) in [4.78, 5) is 38.0. The molecule has 0 saturated carbocycles. The lowest BCUT2D eigenvalue weighted by atomic mass is 9.97. The van der Waals surface area contributed by atoms with Gasteiger partial charge in [-0.2, -0.15) is 5.10 Å². The van der Waals surface area contributed by atoms with Crippen LogP contribution in [0.5, 0.6) is 0 Å². The van der Waals surface area contributed by atoms with Gasteiger partial charge in [-0.1, -0.05) is 78.3 Å². The fourth-order valence-electron chi connectivity index (χ4n) is 4.21. The van der Waals surface area contributed by atoms with Gasteiger partial charge in [-0.05, 0) is 49.1 Å². The predicted molar refractivity (Wildman–Crippen MR) is 157 cm³/mol. The van der Waals surface area contributed by atoms with E-state index in [2.05, 4.69) is 20.8 Å². The van der Waals surface area contributed by atoms with Gasteiger partial charge in [0, 0.05) is 18.5 Å². The number of aliphatic hydroxyl groups is 1. The summed E-state index contributed by atoms with van der Waals surface area (Å²) in [5, 5.41) is 22.9. The summed E-state index contributed by atoms with van der Waals surface area (Å²) in [6.07, 6.45) is -1.54. The number of benzene rings is 3. The maximum absolute atomic E-state index is 13.1. The lowest BCUT2D eigenvalue weighted by Crippen LogP contribution is -2.41. The molecule has 212 valence electrons. The molecule has 2 atom stereocenters. The number of nitrogens with zero attached hydrogens (tertiary/aromatic N) is 1. The second kappa shape index (κ2) is 13.7. The van der Waals surface area contributed by atoms with Gasteiger partial charge in [0.2, 0.25) is 0 Å². The first kappa shape index (κ1) is 29.5. The molecule has 3 aromatic carbocycles. The van der Waals surface area contributed by atoms with E-state index in [1.165, 1.54) is 6.07 Å². The third kappa shape index (κ3) is 8.26. The SMILES string of the molecule is CC(C)OC(=O)[C@H](O)C[C@@H](Cc1ccc(-c2ccccc2)cc1)NC(=O)c1cc(NC(=O)c2ccccc2Cl)n[nH]1. The largest absolute Gasteiger partial charge is 0.461 e. The molecular formula is C31H31ClN4O5. The Hall–Kier alpha value is -4.47. The normalized spacial score (nSPS) is 12.4. The number of nitrogens with one attached hydrogen (secondary N) is 3. The van der Waals surface area contributed by atoms with Crippen LogP contribution in [0.2, 0.25) is 5.02 Å². The maximum atomic E-state index is 13.1. The summed E-state index contributed by atoms with van der Waals surface area (Å²) in [5.41, 5.74) is 3.37. The van der Waals surface area contributed by atoms with E-state index in [0.717, 1.165) is 16.7 Å². The van der Waals surface area contributed by atoms with E-state index in [1.807, 2.05) is 54.6 Å². The van der Waals surface area contributed by atoms with Crippen molar-refractivity contribution in [2.24, 2.45) is 0 Å². The molecular weight excluding hydrogens is 544 g/mol. The van der Waals surface area contributed by atoms with Crippen molar-refractivity contribution in [3.05, 3.63) is 107 Å². The van der Waals surface area contributed by atoms with E-state index in [1.54, 1.807) is 38.1 Å². The van der Waals surface area contributed by atoms with Gasteiger partial charge in [-0.25, -0.2) is 4.79 Å². The quantitative estimate of drug-likeness (QED) is 0.186. The Kier molecular flexibility index (Phi) is 9.89. The monoisotopic (exact) mass is 574 g/mol. The molecule has 1 aromatic heterocycles. The Morgan fingerprint density at radius 3 is 2.27 bits per heavy atom. The summed E-state index contributed by atoms with van der Waals surface area (Å²) in [6, 6.07) is 25.1. The molecule has 4 aromatic rings. The number of ether oxygens (including phenoxy) is 1. The molecule has 0 aliphatic heterocycles. The number of hydrogen-bond acceptors (Lipinski definition) is 6. The number of H-pyrrole nitrogens is 1. The van der Waals surface area contributed by atoms with Crippen molar-refractivity contribution in [3.8, 4) is 11.1 Å². The molecule has 0 aliphatic carbocycles. The minimum Gasteiger partial charge on any atom is -0.461 e. The van der Waals surface area contributed by atoms with E-state index >= 15 is 0 Å². The van der Waals surface area contributed by atoms with Gasteiger partial charge >= 0.3 is 5.97 Å². The second-order valence-electron chi connectivity index (χ2n) is 9.78. The second-order valence-corrected chi connectivity index (χ2v) is 10.2. The molecule has 0 fully saturated rings.